The van der Waals surface area contributed by atoms with Crippen LogP contribution >= 0.6 is 0 Å². The molecule has 0 bridgehead atoms. The Morgan fingerprint density at radius 3 is 2.47 bits per heavy atom. The lowest BCUT2D eigenvalue weighted by atomic mass is 9.94. The van der Waals surface area contributed by atoms with Gasteiger partial charge in [0.1, 0.15) is 23.0 Å². The maximum atomic E-state index is 13.1. The van der Waals surface area contributed by atoms with E-state index in [9.17, 15) is 24.9 Å². The minimum Gasteiger partial charge on any atom is -0.508 e. The van der Waals surface area contributed by atoms with Gasteiger partial charge in [0.05, 0.1) is 23.9 Å². The van der Waals surface area contributed by atoms with E-state index in [0.29, 0.717) is 24.2 Å². The number of hydrogen-bond acceptors (Lipinski definition) is 6. The lowest BCUT2D eigenvalue weighted by Crippen LogP contribution is -2.29. The third kappa shape index (κ3) is 3.06. The first-order chi connectivity index (χ1) is 15.5. The predicted molar refractivity (Wildman–Crippen MR) is 117 cm³/mol. The Morgan fingerprint density at radius 2 is 1.72 bits per heavy atom. The fourth-order valence-corrected chi connectivity index (χ4v) is 4.21. The normalized spacial score (nSPS) is 19.1. The van der Waals surface area contributed by atoms with E-state index in [1.165, 1.54) is 29.2 Å². The first kappa shape index (κ1) is 19.7. The topological polar surface area (TPSA) is 107 Å². The minimum absolute atomic E-state index is 0.0203. The maximum absolute atomic E-state index is 13.1. The van der Waals surface area contributed by atoms with Crippen LogP contribution in [0.5, 0.6) is 17.2 Å². The smallest absolute Gasteiger partial charge is 0.300 e. The lowest BCUT2D eigenvalue weighted by molar-refractivity contribution is -0.132. The van der Waals surface area contributed by atoms with Crippen LogP contribution in [-0.4, -0.2) is 33.6 Å². The number of para-hydroxylation sites is 2. The molecule has 0 aromatic heterocycles. The maximum Gasteiger partial charge on any atom is 0.300 e. The number of rotatable bonds is 3. The largest absolute Gasteiger partial charge is 0.508 e. The van der Waals surface area contributed by atoms with Crippen molar-refractivity contribution in [1.29, 1.82) is 0 Å². The number of Topliss-reactive ketones (excluding diaryl/α,β-unsaturated/α-hetero) is 1. The van der Waals surface area contributed by atoms with Crippen LogP contribution in [0.1, 0.15) is 22.7 Å². The standard InChI is InChI=1S/C25H19NO6/c27-17-8-5-14(6-9-17)22-21(23(29)16-7-10-20-15(13-16)11-12-32-20)24(30)25(31)26(22)18-3-1-2-4-19(18)28/h1-10,13,22,27-29H,11-12H2/b23-21-. The van der Waals surface area contributed by atoms with Gasteiger partial charge < -0.3 is 20.1 Å². The van der Waals surface area contributed by atoms with Gasteiger partial charge in [-0.05, 0) is 53.6 Å². The molecule has 0 aliphatic carbocycles. The van der Waals surface area contributed by atoms with Crippen molar-refractivity contribution in [2.24, 2.45) is 0 Å². The fraction of sp³-hybridized carbons (Fsp3) is 0.120. The summed E-state index contributed by atoms with van der Waals surface area (Å²) in [5, 5.41) is 31.3. The molecule has 2 heterocycles. The van der Waals surface area contributed by atoms with Gasteiger partial charge in [-0.15, -0.1) is 0 Å². The van der Waals surface area contributed by atoms with E-state index in [0.717, 1.165) is 11.3 Å². The molecule has 3 aromatic rings. The summed E-state index contributed by atoms with van der Waals surface area (Å²) in [6.45, 7) is 0.546. The monoisotopic (exact) mass is 429 g/mol. The quantitative estimate of drug-likeness (QED) is 0.333. The molecule has 1 atom stereocenters. The van der Waals surface area contributed by atoms with Crippen LogP contribution in [0.25, 0.3) is 5.76 Å². The van der Waals surface area contributed by atoms with E-state index in [1.54, 1.807) is 42.5 Å². The van der Waals surface area contributed by atoms with Crippen LogP contribution in [-0.2, 0) is 16.0 Å². The Bertz CT molecular complexity index is 1280. The summed E-state index contributed by atoms with van der Waals surface area (Å²) in [7, 11) is 0. The molecule has 160 valence electrons. The highest BCUT2D eigenvalue weighted by Gasteiger charge is 2.47. The van der Waals surface area contributed by atoms with Crippen LogP contribution in [0, 0.1) is 0 Å². The van der Waals surface area contributed by atoms with Gasteiger partial charge in [0.25, 0.3) is 11.7 Å². The van der Waals surface area contributed by atoms with E-state index in [1.807, 2.05) is 0 Å². The number of aliphatic hydroxyl groups is 1. The Labute approximate surface area is 183 Å². The fourth-order valence-electron chi connectivity index (χ4n) is 4.21. The molecule has 2 aliphatic heterocycles. The molecule has 2 aliphatic rings. The number of phenolic OH excluding ortho intramolecular Hbond substituents is 2. The van der Waals surface area contributed by atoms with Crippen molar-refractivity contribution >= 4 is 23.1 Å². The number of aliphatic hydroxyl groups excluding tert-OH is 1. The van der Waals surface area contributed by atoms with E-state index in [4.69, 9.17) is 4.74 Å². The SMILES string of the molecule is O=C1C(=O)N(c2ccccc2O)C(c2ccc(O)cc2)/C1=C(/O)c1ccc2c(c1)CCO2. The second-order valence-corrected chi connectivity index (χ2v) is 7.67. The molecule has 7 heteroatoms. The number of carbonyl (C=O) groups excluding carboxylic acids is 2. The molecular formula is C25H19NO6. The predicted octanol–water partition coefficient (Wildman–Crippen LogP) is 3.66. The van der Waals surface area contributed by atoms with E-state index >= 15 is 0 Å². The summed E-state index contributed by atoms with van der Waals surface area (Å²) >= 11 is 0. The van der Waals surface area contributed by atoms with Gasteiger partial charge in [-0.25, -0.2) is 0 Å². The Balaban J connectivity index is 1.72. The van der Waals surface area contributed by atoms with Crippen LogP contribution in [0.15, 0.2) is 72.3 Å². The minimum atomic E-state index is -0.992. The first-order valence-corrected chi connectivity index (χ1v) is 10.1. The molecule has 0 saturated carbocycles. The highest BCUT2D eigenvalue weighted by atomic mass is 16.5. The van der Waals surface area contributed by atoms with Crippen molar-refractivity contribution in [1.82, 2.24) is 0 Å². The van der Waals surface area contributed by atoms with Gasteiger partial charge in [-0.3, -0.25) is 14.5 Å². The molecule has 3 aromatic carbocycles. The zero-order chi connectivity index (χ0) is 22.4. The first-order valence-electron chi connectivity index (χ1n) is 10.1. The zero-order valence-corrected chi connectivity index (χ0v) is 16.9. The average molecular weight is 429 g/mol. The molecule has 0 radical (unpaired) electrons. The summed E-state index contributed by atoms with van der Waals surface area (Å²) in [5.74, 6) is -1.46. The molecular weight excluding hydrogens is 410 g/mol. The zero-order valence-electron chi connectivity index (χ0n) is 16.9. The number of fused-ring (bicyclic) bond motifs is 1. The molecule has 1 unspecified atom stereocenters. The van der Waals surface area contributed by atoms with Crippen LogP contribution in [0.3, 0.4) is 0 Å². The van der Waals surface area contributed by atoms with Crippen LogP contribution in [0.4, 0.5) is 5.69 Å². The van der Waals surface area contributed by atoms with Crippen molar-refractivity contribution in [3.8, 4) is 17.2 Å². The number of nitrogens with zero attached hydrogens (tertiary/aromatic N) is 1. The molecule has 7 nitrogen and oxygen atoms in total. The summed E-state index contributed by atoms with van der Waals surface area (Å²) in [6.07, 6.45) is 0.685. The average Bonchev–Trinajstić information content (AvgIpc) is 3.37. The van der Waals surface area contributed by atoms with Gasteiger partial charge in [0.2, 0.25) is 0 Å². The van der Waals surface area contributed by atoms with Crippen LogP contribution in [0.2, 0.25) is 0 Å². The van der Waals surface area contributed by atoms with Crippen molar-refractivity contribution in [3.05, 3.63) is 89.0 Å². The number of benzene rings is 3. The van der Waals surface area contributed by atoms with Crippen molar-refractivity contribution in [2.75, 3.05) is 11.5 Å². The summed E-state index contributed by atoms with van der Waals surface area (Å²) in [5.41, 5.74) is 1.85. The highest BCUT2D eigenvalue weighted by Crippen LogP contribution is 2.45. The lowest BCUT2D eigenvalue weighted by Gasteiger charge is -2.26. The van der Waals surface area contributed by atoms with Crippen molar-refractivity contribution in [3.63, 3.8) is 0 Å². The van der Waals surface area contributed by atoms with Crippen molar-refractivity contribution in [2.45, 2.75) is 12.5 Å². The molecule has 3 N–H and O–H groups in total. The van der Waals surface area contributed by atoms with E-state index in [-0.39, 0.29) is 28.5 Å². The summed E-state index contributed by atoms with van der Waals surface area (Å²) < 4.78 is 5.51. The molecule has 1 fully saturated rings. The Hall–Kier alpha value is -4.26. The van der Waals surface area contributed by atoms with Gasteiger partial charge in [0, 0.05) is 12.0 Å². The van der Waals surface area contributed by atoms with E-state index < -0.39 is 17.7 Å². The Morgan fingerprint density at radius 1 is 0.969 bits per heavy atom. The second kappa shape index (κ2) is 7.46. The number of amides is 1. The highest BCUT2D eigenvalue weighted by molar-refractivity contribution is 6.51. The number of hydrogen-bond donors (Lipinski definition) is 3. The number of aromatic hydroxyl groups is 2. The van der Waals surface area contributed by atoms with Gasteiger partial charge in [0.15, 0.2) is 0 Å². The van der Waals surface area contributed by atoms with Gasteiger partial charge in [-0.2, -0.15) is 0 Å². The van der Waals surface area contributed by atoms with Crippen LogP contribution < -0.4 is 9.64 Å². The molecule has 32 heavy (non-hydrogen) atoms. The summed E-state index contributed by atoms with van der Waals surface area (Å²) in [6, 6.07) is 16.3. The third-order valence-corrected chi connectivity index (χ3v) is 5.76. The van der Waals surface area contributed by atoms with Gasteiger partial charge in [-0.1, -0.05) is 24.3 Å². The number of ketones is 1. The third-order valence-electron chi connectivity index (χ3n) is 5.76. The summed E-state index contributed by atoms with van der Waals surface area (Å²) in [4.78, 5) is 27.4. The second-order valence-electron chi connectivity index (χ2n) is 7.67. The number of anilines is 1. The number of ether oxygens (including phenoxy) is 1. The molecule has 1 saturated heterocycles. The molecule has 0 spiro atoms. The number of phenols is 2. The Kier molecular flexibility index (Phi) is 4.59. The van der Waals surface area contributed by atoms with Gasteiger partial charge >= 0.3 is 0 Å². The molecule has 1 amide bonds. The number of carbonyl (C=O) groups is 2. The molecule has 5 rings (SSSR count). The van der Waals surface area contributed by atoms with E-state index in [2.05, 4.69) is 0 Å². The van der Waals surface area contributed by atoms with Crippen molar-refractivity contribution < 1.29 is 29.6 Å².